The topological polar surface area (TPSA) is 45.7 Å². The molecule has 1 atom stereocenters. The number of aliphatic imine (C=N–C) groups is 1. The molecule has 114 valence electrons. The molecular formula is C14H23FIN3O. The van der Waals surface area contributed by atoms with Crippen LogP contribution in [0.5, 0.6) is 0 Å². The zero-order valence-electron chi connectivity index (χ0n) is 12.1. The van der Waals surface area contributed by atoms with Gasteiger partial charge in [-0.1, -0.05) is 18.2 Å². The number of methoxy groups -OCH3 is 1. The predicted molar refractivity (Wildman–Crippen MR) is 91.1 cm³/mol. The quantitative estimate of drug-likeness (QED) is 0.442. The average Bonchev–Trinajstić information content (AvgIpc) is 2.38. The smallest absolute Gasteiger partial charge is 0.191 e. The van der Waals surface area contributed by atoms with Crippen molar-refractivity contribution in [3.05, 3.63) is 35.6 Å². The molecule has 4 nitrogen and oxygen atoms in total. The third kappa shape index (κ3) is 7.04. The Bertz CT molecular complexity index is 415. The summed E-state index contributed by atoms with van der Waals surface area (Å²) in [5.41, 5.74) is 0.582. The first-order valence-electron chi connectivity index (χ1n) is 6.44. The number of nitrogens with one attached hydrogen (secondary N) is 2. The Labute approximate surface area is 137 Å². The van der Waals surface area contributed by atoms with Gasteiger partial charge in [0.05, 0.1) is 13.2 Å². The number of halogens is 2. The lowest BCUT2D eigenvalue weighted by molar-refractivity contribution is 0.179. The first kappa shape index (κ1) is 19.1. The lowest BCUT2D eigenvalue weighted by Crippen LogP contribution is -2.43. The molecule has 0 saturated carbocycles. The number of nitrogens with zero attached hydrogens (tertiary/aromatic N) is 1. The Kier molecular flexibility index (Phi) is 10.4. The molecule has 0 saturated heterocycles. The summed E-state index contributed by atoms with van der Waals surface area (Å²) in [7, 11) is 1.65. The Balaban J connectivity index is 0.00000361. The molecule has 0 radical (unpaired) electrons. The summed E-state index contributed by atoms with van der Waals surface area (Å²) in [5.74, 6) is 0.433. The van der Waals surface area contributed by atoms with Crippen molar-refractivity contribution in [3.63, 3.8) is 0 Å². The van der Waals surface area contributed by atoms with Crippen molar-refractivity contribution in [2.45, 2.75) is 26.4 Å². The van der Waals surface area contributed by atoms with E-state index in [1.807, 2.05) is 19.9 Å². The first-order valence-corrected chi connectivity index (χ1v) is 6.44. The molecule has 20 heavy (non-hydrogen) atoms. The molecule has 1 unspecified atom stereocenters. The van der Waals surface area contributed by atoms with Crippen LogP contribution in [-0.4, -0.2) is 32.3 Å². The van der Waals surface area contributed by atoms with Crippen LogP contribution in [0.2, 0.25) is 0 Å². The maximum absolute atomic E-state index is 13.5. The van der Waals surface area contributed by atoms with Gasteiger partial charge in [-0.3, -0.25) is 0 Å². The Hall–Kier alpha value is -0.890. The van der Waals surface area contributed by atoms with Crippen LogP contribution in [-0.2, 0) is 11.3 Å². The van der Waals surface area contributed by atoms with Crippen LogP contribution in [0, 0.1) is 5.82 Å². The fourth-order valence-electron chi connectivity index (χ4n) is 1.64. The highest BCUT2D eigenvalue weighted by Crippen LogP contribution is 2.07. The van der Waals surface area contributed by atoms with E-state index in [4.69, 9.17) is 4.74 Å². The van der Waals surface area contributed by atoms with E-state index in [0.717, 1.165) is 6.54 Å². The maximum Gasteiger partial charge on any atom is 0.191 e. The molecule has 0 heterocycles. The lowest BCUT2D eigenvalue weighted by Gasteiger charge is -2.17. The van der Waals surface area contributed by atoms with Gasteiger partial charge in [-0.2, -0.15) is 0 Å². The van der Waals surface area contributed by atoms with E-state index in [1.165, 1.54) is 6.07 Å². The van der Waals surface area contributed by atoms with E-state index < -0.39 is 0 Å². The second-order valence-corrected chi connectivity index (χ2v) is 4.29. The third-order valence-electron chi connectivity index (χ3n) is 2.51. The van der Waals surface area contributed by atoms with Crippen molar-refractivity contribution in [1.82, 2.24) is 10.6 Å². The van der Waals surface area contributed by atoms with Crippen molar-refractivity contribution in [3.8, 4) is 0 Å². The van der Waals surface area contributed by atoms with Gasteiger partial charge in [0, 0.05) is 25.3 Å². The van der Waals surface area contributed by atoms with Gasteiger partial charge in [-0.15, -0.1) is 24.0 Å². The standard InChI is InChI=1S/C14H22FN3O.HI/c1-4-16-14(18-11(2)10-19-3)17-9-12-7-5-6-8-13(12)15;/h5-8,11H,4,9-10H2,1-3H3,(H2,16,17,18);1H. The molecule has 0 aliphatic rings. The average molecular weight is 395 g/mol. The van der Waals surface area contributed by atoms with E-state index in [-0.39, 0.29) is 35.8 Å². The number of rotatable bonds is 6. The molecular weight excluding hydrogens is 372 g/mol. The van der Waals surface area contributed by atoms with Crippen molar-refractivity contribution in [1.29, 1.82) is 0 Å². The summed E-state index contributed by atoms with van der Waals surface area (Å²) in [4.78, 5) is 4.37. The van der Waals surface area contributed by atoms with Crippen LogP contribution < -0.4 is 10.6 Å². The first-order chi connectivity index (χ1) is 9.17. The van der Waals surface area contributed by atoms with Crippen molar-refractivity contribution in [2.24, 2.45) is 4.99 Å². The van der Waals surface area contributed by atoms with Crippen molar-refractivity contribution < 1.29 is 9.13 Å². The van der Waals surface area contributed by atoms with Gasteiger partial charge in [-0.05, 0) is 19.9 Å². The van der Waals surface area contributed by atoms with E-state index in [2.05, 4.69) is 15.6 Å². The van der Waals surface area contributed by atoms with Gasteiger partial charge in [0.25, 0.3) is 0 Å². The SMILES string of the molecule is CCNC(=NCc1ccccc1F)NC(C)COC.I. The Morgan fingerprint density at radius 2 is 2.10 bits per heavy atom. The Morgan fingerprint density at radius 3 is 2.70 bits per heavy atom. The zero-order valence-corrected chi connectivity index (χ0v) is 14.5. The molecule has 1 aromatic carbocycles. The van der Waals surface area contributed by atoms with Crippen molar-refractivity contribution in [2.75, 3.05) is 20.3 Å². The summed E-state index contributed by atoms with van der Waals surface area (Å²) in [6, 6.07) is 6.80. The molecule has 0 aliphatic carbocycles. The summed E-state index contributed by atoms with van der Waals surface area (Å²) in [6.45, 7) is 5.63. The second kappa shape index (κ2) is 10.8. The van der Waals surface area contributed by atoms with Gasteiger partial charge in [-0.25, -0.2) is 9.38 Å². The summed E-state index contributed by atoms with van der Waals surface area (Å²) >= 11 is 0. The number of guanidine groups is 1. The van der Waals surface area contributed by atoms with Gasteiger partial charge in [0.1, 0.15) is 5.82 Å². The number of benzene rings is 1. The van der Waals surface area contributed by atoms with Crippen LogP contribution in [0.15, 0.2) is 29.3 Å². The molecule has 0 fully saturated rings. The molecule has 0 bridgehead atoms. The normalized spacial score (nSPS) is 12.5. The van der Waals surface area contributed by atoms with Crippen molar-refractivity contribution >= 4 is 29.9 Å². The fraction of sp³-hybridized carbons (Fsp3) is 0.500. The van der Waals surface area contributed by atoms with E-state index in [9.17, 15) is 4.39 Å². The van der Waals surface area contributed by atoms with Gasteiger partial charge >= 0.3 is 0 Å². The highest BCUT2D eigenvalue weighted by Gasteiger charge is 2.05. The lowest BCUT2D eigenvalue weighted by atomic mass is 10.2. The van der Waals surface area contributed by atoms with Crippen LogP contribution >= 0.6 is 24.0 Å². The minimum absolute atomic E-state index is 0. The molecule has 0 aliphatic heterocycles. The van der Waals surface area contributed by atoms with Crippen LogP contribution in [0.1, 0.15) is 19.4 Å². The zero-order chi connectivity index (χ0) is 14.1. The van der Waals surface area contributed by atoms with Crippen LogP contribution in [0.25, 0.3) is 0 Å². The minimum Gasteiger partial charge on any atom is -0.383 e. The molecule has 0 aromatic heterocycles. The van der Waals surface area contributed by atoms with E-state index in [0.29, 0.717) is 24.7 Å². The van der Waals surface area contributed by atoms with Gasteiger partial charge < -0.3 is 15.4 Å². The molecule has 1 rings (SSSR count). The van der Waals surface area contributed by atoms with Crippen LogP contribution in [0.3, 0.4) is 0 Å². The maximum atomic E-state index is 13.5. The van der Waals surface area contributed by atoms with E-state index in [1.54, 1.807) is 19.2 Å². The Morgan fingerprint density at radius 1 is 1.40 bits per heavy atom. The largest absolute Gasteiger partial charge is 0.383 e. The van der Waals surface area contributed by atoms with Gasteiger partial charge in [0.15, 0.2) is 5.96 Å². The van der Waals surface area contributed by atoms with Crippen LogP contribution in [0.4, 0.5) is 4.39 Å². The molecule has 0 spiro atoms. The molecule has 2 N–H and O–H groups in total. The van der Waals surface area contributed by atoms with Gasteiger partial charge in [0.2, 0.25) is 0 Å². The summed E-state index contributed by atoms with van der Waals surface area (Å²) in [6.07, 6.45) is 0. The molecule has 1 aromatic rings. The third-order valence-corrected chi connectivity index (χ3v) is 2.51. The molecule has 0 amide bonds. The highest BCUT2D eigenvalue weighted by molar-refractivity contribution is 14.0. The number of ether oxygens (including phenoxy) is 1. The highest BCUT2D eigenvalue weighted by atomic mass is 127. The monoisotopic (exact) mass is 395 g/mol. The molecule has 6 heteroatoms. The number of hydrogen-bond acceptors (Lipinski definition) is 2. The predicted octanol–water partition coefficient (Wildman–Crippen LogP) is 2.53. The summed E-state index contributed by atoms with van der Waals surface area (Å²) in [5, 5.41) is 6.32. The minimum atomic E-state index is -0.230. The summed E-state index contributed by atoms with van der Waals surface area (Å²) < 4.78 is 18.5. The van der Waals surface area contributed by atoms with E-state index >= 15 is 0 Å². The second-order valence-electron chi connectivity index (χ2n) is 4.29. The fourth-order valence-corrected chi connectivity index (χ4v) is 1.64. The number of hydrogen-bond donors (Lipinski definition) is 2.